The third kappa shape index (κ3) is 7.81. The molecule has 3 amide bonds. The maximum Gasteiger partial charge on any atom is 0.425 e. The number of carbonyl (C=O) groups excluding carboxylic acids is 3. The molecule has 2 fully saturated rings. The minimum absolute atomic E-state index is 0.0450. The molecule has 2 aliphatic heterocycles. The number of nitrogens with zero attached hydrogens (tertiary/aromatic N) is 3. The van der Waals surface area contributed by atoms with Crippen molar-refractivity contribution in [2.45, 2.75) is 88.3 Å². The van der Waals surface area contributed by atoms with Gasteiger partial charge in [0.25, 0.3) is 11.8 Å². The van der Waals surface area contributed by atoms with Gasteiger partial charge in [-0.1, -0.05) is 31.0 Å². The van der Waals surface area contributed by atoms with Crippen LogP contribution in [0.4, 0.5) is 26.3 Å². The lowest BCUT2D eigenvalue weighted by atomic mass is 9.76. The number of fused-ring (bicyclic) bond motifs is 1. The van der Waals surface area contributed by atoms with Gasteiger partial charge in [0.1, 0.15) is 16.3 Å². The second kappa shape index (κ2) is 14.9. The van der Waals surface area contributed by atoms with Crippen LogP contribution in [0.15, 0.2) is 52.5 Å². The molecule has 9 nitrogen and oxygen atoms in total. The van der Waals surface area contributed by atoms with E-state index in [1.54, 1.807) is 24.6 Å². The zero-order valence-electron chi connectivity index (χ0n) is 26.8. The minimum atomic E-state index is -4.92. The molecule has 2 aromatic rings. The number of amides is 3. The van der Waals surface area contributed by atoms with Crippen molar-refractivity contribution < 1.29 is 50.7 Å². The molecule has 50 heavy (non-hydrogen) atoms. The van der Waals surface area contributed by atoms with E-state index in [2.05, 4.69) is 4.98 Å². The Hall–Kier alpha value is -3.63. The summed E-state index contributed by atoms with van der Waals surface area (Å²) in [5.74, 6) is -2.83. The number of pyridine rings is 1. The van der Waals surface area contributed by atoms with Crippen molar-refractivity contribution in [3.05, 3.63) is 68.7 Å². The first-order chi connectivity index (χ1) is 23.6. The van der Waals surface area contributed by atoms with E-state index in [-0.39, 0.29) is 56.9 Å². The minimum Gasteiger partial charge on any atom is -0.474 e. The highest BCUT2D eigenvalue weighted by Gasteiger charge is 2.57. The number of hydrogen-bond acceptors (Lipinski definition) is 7. The third-order valence-electron chi connectivity index (χ3n) is 9.40. The van der Waals surface area contributed by atoms with Gasteiger partial charge in [-0.2, -0.15) is 26.3 Å². The number of halogens is 7. The van der Waals surface area contributed by atoms with E-state index in [0.717, 1.165) is 40.2 Å². The largest absolute Gasteiger partial charge is 0.474 e. The number of hydroxylamine groups is 1. The average molecular weight is 749 g/mol. The molecule has 4 heterocycles. The predicted octanol–water partition coefficient (Wildman–Crippen LogP) is 7.36. The summed E-state index contributed by atoms with van der Waals surface area (Å²) in [5, 5.41) is 10.8. The smallest absolute Gasteiger partial charge is 0.425 e. The van der Waals surface area contributed by atoms with Crippen LogP contribution in [0.2, 0.25) is 0 Å². The molecule has 17 heteroatoms. The first kappa shape index (κ1) is 37.6. The molecule has 2 N–H and O–H groups in total. The van der Waals surface area contributed by atoms with Gasteiger partial charge in [-0.25, -0.2) is 5.48 Å². The molecule has 5 rings (SSSR count). The molecule has 0 radical (unpaired) electrons. The number of ether oxygens (including phenoxy) is 1. The summed E-state index contributed by atoms with van der Waals surface area (Å²) in [5.41, 5.74) is -1.76. The summed E-state index contributed by atoms with van der Waals surface area (Å²) in [6, 6.07) is 0.698. The average Bonchev–Trinajstić information content (AvgIpc) is 3.55. The van der Waals surface area contributed by atoms with Crippen LogP contribution in [-0.4, -0.2) is 68.5 Å². The lowest BCUT2D eigenvalue weighted by Crippen LogP contribution is -2.69. The monoisotopic (exact) mass is 748 g/mol. The lowest BCUT2D eigenvalue weighted by molar-refractivity contribution is -0.163. The number of piperidine rings is 2. The number of hydrogen-bond donors (Lipinski definition) is 2. The van der Waals surface area contributed by atoms with Crippen LogP contribution < -0.4 is 10.2 Å². The summed E-state index contributed by atoms with van der Waals surface area (Å²) in [6.45, 7) is 1.72. The van der Waals surface area contributed by atoms with Gasteiger partial charge in [0, 0.05) is 54.6 Å². The topological polar surface area (TPSA) is 112 Å². The van der Waals surface area contributed by atoms with Crippen molar-refractivity contribution in [1.82, 2.24) is 20.3 Å². The summed E-state index contributed by atoms with van der Waals surface area (Å²) in [7, 11) is 0. The summed E-state index contributed by atoms with van der Waals surface area (Å²) in [4.78, 5) is 46.7. The van der Waals surface area contributed by atoms with Crippen molar-refractivity contribution >= 4 is 40.7 Å². The lowest BCUT2D eigenvalue weighted by Gasteiger charge is -2.52. The Kier molecular flexibility index (Phi) is 11.2. The number of aromatic nitrogens is 1. The Morgan fingerprint density at radius 1 is 1.14 bits per heavy atom. The van der Waals surface area contributed by atoms with E-state index in [1.165, 1.54) is 4.90 Å². The Morgan fingerprint density at radius 3 is 2.56 bits per heavy atom. The fourth-order valence-electron chi connectivity index (χ4n) is 7.15. The number of thiophene rings is 1. The maximum absolute atomic E-state index is 15.2. The molecule has 1 aliphatic carbocycles. The molecular weight excluding hydrogens is 714 g/mol. The van der Waals surface area contributed by atoms with Crippen molar-refractivity contribution in [1.29, 1.82) is 0 Å². The maximum atomic E-state index is 15.2. The van der Waals surface area contributed by atoms with E-state index >= 15 is 4.79 Å². The quantitative estimate of drug-likeness (QED) is 0.158. The van der Waals surface area contributed by atoms with Crippen LogP contribution in [-0.2, 0) is 21.9 Å². The van der Waals surface area contributed by atoms with Gasteiger partial charge in [0.05, 0.1) is 11.6 Å². The van der Waals surface area contributed by atoms with Crippen LogP contribution in [0, 0.1) is 5.92 Å². The summed E-state index contributed by atoms with van der Waals surface area (Å²) >= 11 is 6.67. The number of alkyl halides is 6. The van der Waals surface area contributed by atoms with Crippen molar-refractivity contribution in [3.63, 3.8) is 0 Å². The third-order valence-corrected chi connectivity index (χ3v) is 10.6. The Morgan fingerprint density at radius 2 is 1.90 bits per heavy atom. The molecule has 4 unspecified atom stereocenters. The second-order valence-corrected chi connectivity index (χ2v) is 14.0. The zero-order valence-corrected chi connectivity index (χ0v) is 28.4. The van der Waals surface area contributed by atoms with Gasteiger partial charge in [0.15, 0.2) is 0 Å². The molecule has 3 aliphatic rings. The van der Waals surface area contributed by atoms with E-state index in [4.69, 9.17) is 21.5 Å². The van der Waals surface area contributed by atoms with Gasteiger partial charge < -0.3 is 14.5 Å². The van der Waals surface area contributed by atoms with E-state index in [1.807, 2.05) is 0 Å². The molecule has 0 spiro atoms. The Labute approximate surface area is 292 Å². The number of rotatable bonds is 9. The predicted molar refractivity (Wildman–Crippen MR) is 170 cm³/mol. The van der Waals surface area contributed by atoms with Crippen molar-refractivity contribution in [3.8, 4) is 5.75 Å². The molecular formula is C33H35ClF6N4O5S. The van der Waals surface area contributed by atoms with Crippen LogP contribution in [0.3, 0.4) is 0 Å². The molecule has 2 saturated heterocycles. The van der Waals surface area contributed by atoms with Gasteiger partial charge >= 0.3 is 12.4 Å². The summed E-state index contributed by atoms with van der Waals surface area (Å²) < 4.78 is 89.5. The molecule has 0 saturated carbocycles. The van der Waals surface area contributed by atoms with Gasteiger partial charge in [0.2, 0.25) is 11.5 Å². The molecule has 0 aromatic carbocycles. The van der Waals surface area contributed by atoms with Gasteiger partial charge in [-0.3, -0.25) is 24.6 Å². The number of allylic oxidation sites excluding steroid dienone is 3. The molecule has 2 aromatic heterocycles. The standard InChI is InChI=1S/C33H35ClF6N4O5S/c1-2-5-25-31(49-23-16-26(50-18-23)33(38,39)40,11-4-13-43(25)29(46)28-24(32(35,36)37)6-3-12-41-28)30(47)44-17-19-7-8-21(34)14-20(19)15-22(44)9-10-27(45)42-48/h3,6-8,12,16,18,20,22,25,48H,2,4-5,9-11,13-15,17H2,1H3,(H,42,45). The first-order valence-electron chi connectivity index (χ1n) is 16.1. The van der Waals surface area contributed by atoms with E-state index in [0.29, 0.717) is 35.6 Å². The van der Waals surface area contributed by atoms with E-state index in [9.17, 15) is 35.9 Å². The number of likely N-dealkylation sites (tertiary alicyclic amines) is 2. The van der Waals surface area contributed by atoms with Crippen molar-refractivity contribution in [2.24, 2.45) is 5.92 Å². The molecule has 0 bridgehead atoms. The highest BCUT2D eigenvalue weighted by Crippen LogP contribution is 2.45. The Balaban J connectivity index is 1.63. The van der Waals surface area contributed by atoms with Crippen LogP contribution >= 0.6 is 22.9 Å². The highest BCUT2D eigenvalue weighted by molar-refractivity contribution is 7.10. The fourth-order valence-corrected chi connectivity index (χ4v) is 8.08. The van der Waals surface area contributed by atoms with Gasteiger partial charge in [-0.15, -0.1) is 11.3 Å². The number of nitrogens with one attached hydrogen (secondary N) is 1. The second-order valence-electron chi connectivity index (χ2n) is 12.6. The molecule has 4 atom stereocenters. The first-order valence-corrected chi connectivity index (χ1v) is 17.3. The van der Waals surface area contributed by atoms with Crippen LogP contribution in [0.1, 0.15) is 79.2 Å². The van der Waals surface area contributed by atoms with Crippen LogP contribution in [0.5, 0.6) is 5.75 Å². The normalized spacial score (nSPS) is 24.2. The van der Waals surface area contributed by atoms with Gasteiger partial charge in [-0.05, 0) is 61.8 Å². The highest BCUT2D eigenvalue weighted by atomic mass is 35.5. The fraction of sp³-hybridized carbons (Fsp3) is 0.515. The molecule has 272 valence electrons. The van der Waals surface area contributed by atoms with E-state index < -0.39 is 63.9 Å². The zero-order chi connectivity index (χ0) is 36.4. The summed E-state index contributed by atoms with van der Waals surface area (Å²) in [6.07, 6.45) is -3.94. The SMILES string of the molecule is CCCC1N(C(=O)c2ncccc2C(F)(F)F)CCCC1(Oc1csc(C(F)(F)F)c1)C(=O)N1CC2=CC=C(Cl)CC2CC1CCC(=O)NO. The van der Waals surface area contributed by atoms with Crippen LogP contribution in [0.25, 0.3) is 0 Å². The Bertz CT molecular complexity index is 1660. The number of carbonyl (C=O) groups is 3. The van der Waals surface area contributed by atoms with Crippen molar-refractivity contribution in [2.75, 3.05) is 13.1 Å².